The molecule has 1 rings (SSSR count). The standard InChI is InChI=1S/C6H7S.V/c1-5-3-4-6(2)7-5;/h3H,1-2H3;/q-1;. The maximum absolute atomic E-state index is 3.09. The molecule has 0 amide bonds. The summed E-state index contributed by atoms with van der Waals surface area (Å²) in [4.78, 5) is 2.62. The molecule has 1 heterocycles. The SMILES string of the molecule is Cc1[c-]cc(C)s1.[V]. The van der Waals surface area contributed by atoms with Gasteiger partial charge in [-0.25, -0.2) is 12.1 Å². The second-order valence-electron chi connectivity index (χ2n) is 1.56. The van der Waals surface area contributed by atoms with Crippen LogP contribution in [0.2, 0.25) is 0 Å². The predicted molar refractivity (Wildman–Crippen MR) is 32.6 cm³/mol. The Hall–Kier alpha value is 0.284. The minimum atomic E-state index is 0. The third-order valence-corrected chi connectivity index (χ3v) is 1.66. The number of hydrogen-bond acceptors (Lipinski definition) is 1. The van der Waals surface area contributed by atoms with Crippen molar-refractivity contribution in [1.29, 1.82) is 0 Å². The smallest absolute Gasteiger partial charge is 0 e. The fraction of sp³-hybridized carbons (Fsp3) is 0.333. The van der Waals surface area contributed by atoms with Gasteiger partial charge in [-0.05, 0) is 6.92 Å². The van der Waals surface area contributed by atoms with Crippen LogP contribution in [0, 0.1) is 19.9 Å². The zero-order valence-corrected chi connectivity index (χ0v) is 7.15. The molecule has 43 valence electrons. The molecule has 0 N–H and O–H groups in total. The van der Waals surface area contributed by atoms with Crippen LogP contribution in [0.25, 0.3) is 0 Å². The van der Waals surface area contributed by atoms with Crippen LogP contribution in [0.15, 0.2) is 6.07 Å². The quantitative estimate of drug-likeness (QED) is 0.513. The van der Waals surface area contributed by atoms with Gasteiger partial charge in [0.25, 0.3) is 0 Å². The van der Waals surface area contributed by atoms with E-state index in [-0.39, 0.29) is 18.6 Å². The molecular formula is C6H7SV-. The van der Waals surface area contributed by atoms with E-state index in [1.54, 1.807) is 11.3 Å². The summed E-state index contributed by atoms with van der Waals surface area (Å²) >= 11 is 1.79. The van der Waals surface area contributed by atoms with Crippen molar-refractivity contribution >= 4 is 11.3 Å². The maximum Gasteiger partial charge on any atom is 0 e. The molecule has 0 bridgehead atoms. The zero-order chi connectivity index (χ0) is 5.28. The van der Waals surface area contributed by atoms with Crippen molar-refractivity contribution in [3.63, 3.8) is 0 Å². The van der Waals surface area contributed by atoms with Gasteiger partial charge >= 0.3 is 0 Å². The van der Waals surface area contributed by atoms with Crippen molar-refractivity contribution in [2.45, 2.75) is 13.8 Å². The van der Waals surface area contributed by atoms with E-state index in [1.165, 1.54) is 9.75 Å². The molecule has 0 unspecified atom stereocenters. The molecule has 0 aliphatic rings. The third kappa shape index (κ3) is 2.04. The molecule has 0 spiro atoms. The maximum atomic E-state index is 3.09. The van der Waals surface area contributed by atoms with Crippen LogP contribution in [0.4, 0.5) is 0 Å². The van der Waals surface area contributed by atoms with Gasteiger partial charge in [-0.3, -0.25) is 11.3 Å². The van der Waals surface area contributed by atoms with Gasteiger partial charge in [-0.15, -0.1) is 9.75 Å². The number of rotatable bonds is 0. The van der Waals surface area contributed by atoms with Gasteiger partial charge in [-0.1, -0.05) is 6.92 Å². The molecule has 1 aromatic rings. The van der Waals surface area contributed by atoms with Gasteiger partial charge in [0.1, 0.15) is 0 Å². The number of hydrogen-bond donors (Lipinski definition) is 0. The van der Waals surface area contributed by atoms with E-state index in [0.717, 1.165) is 0 Å². The average Bonchev–Trinajstić information content (AvgIpc) is 1.87. The Morgan fingerprint density at radius 3 is 2.25 bits per heavy atom. The Labute approximate surface area is 65.8 Å². The van der Waals surface area contributed by atoms with E-state index < -0.39 is 0 Å². The normalized spacial score (nSPS) is 8.25. The van der Waals surface area contributed by atoms with E-state index in [9.17, 15) is 0 Å². The minimum Gasteiger partial charge on any atom is -0.267 e. The topological polar surface area (TPSA) is 0 Å². The van der Waals surface area contributed by atoms with Gasteiger partial charge in [0, 0.05) is 18.6 Å². The summed E-state index contributed by atoms with van der Waals surface area (Å²) in [5.74, 6) is 0. The molecule has 0 fully saturated rings. The average molecular weight is 162 g/mol. The Balaban J connectivity index is 0.000000490. The molecule has 0 aliphatic carbocycles. The molecule has 0 aromatic carbocycles. The summed E-state index contributed by atoms with van der Waals surface area (Å²) in [6, 6.07) is 5.10. The first-order valence-electron chi connectivity index (χ1n) is 2.24. The van der Waals surface area contributed by atoms with E-state index >= 15 is 0 Å². The molecule has 0 saturated carbocycles. The van der Waals surface area contributed by atoms with Crippen molar-refractivity contribution in [2.75, 3.05) is 0 Å². The van der Waals surface area contributed by atoms with E-state index in [0.29, 0.717) is 0 Å². The summed E-state index contributed by atoms with van der Waals surface area (Å²) in [6.45, 7) is 4.16. The van der Waals surface area contributed by atoms with Gasteiger partial charge in [-0.2, -0.15) is 0 Å². The first kappa shape index (κ1) is 8.28. The third-order valence-electron chi connectivity index (χ3n) is 0.793. The Morgan fingerprint density at radius 2 is 2.12 bits per heavy atom. The molecule has 0 aliphatic heterocycles. The predicted octanol–water partition coefficient (Wildman–Crippen LogP) is 2.16. The summed E-state index contributed by atoms with van der Waals surface area (Å²) in [5, 5.41) is 0. The number of aryl methyl sites for hydroxylation is 2. The van der Waals surface area contributed by atoms with E-state index in [2.05, 4.69) is 19.9 Å². The van der Waals surface area contributed by atoms with Crippen LogP contribution in [-0.2, 0) is 18.6 Å². The van der Waals surface area contributed by atoms with E-state index in [4.69, 9.17) is 0 Å². The van der Waals surface area contributed by atoms with Crippen molar-refractivity contribution in [2.24, 2.45) is 0 Å². The monoisotopic (exact) mass is 162 g/mol. The van der Waals surface area contributed by atoms with Crippen LogP contribution >= 0.6 is 11.3 Å². The van der Waals surface area contributed by atoms with Crippen molar-refractivity contribution in [3.8, 4) is 0 Å². The fourth-order valence-corrected chi connectivity index (χ4v) is 1.22. The molecular weight excluding hydrogens is 155 g/mol. The summed E-state index contributed by atoms with van der Waals surface area (Å²) < 4.78 is 0. The molecule has 0 nitrogen and oxygen atoms in total. The van der Waals surface area contributed by atoms with Gasteiger partial charge < -0.3 is 0 Å². The van der Waals surface area contributed by atoms with Crippen LogP contribution in [-0.4, -0.2) is 0 Å². The molecule has 0 saturated heterocycles. The van der Waals surface area contributed by atoms with Gasteiger partial charge in [0.15, 0.2) is 0 Å². The first-order chi connectivity index (χ1) is 3.29. The van der Waals surface area contributed by atoms with Crippen molar-refractivity contribution in [1.82, 2.24) is 0 Å². The van der Waals surface area contributed by atoms with Crippen LogP contribution < -0.4 is 0 Å². The second kappa shape index (κ2) is 3.34. The summed E-state index contributed by atoms with van der Waals surface area (Å²) in [6.07, 6.45) is 0. The first-order valence-corrected chi connectivity index (χ1v) is 3.05. The molecule has 8 heavy (non-hydrogen) atoms. The zero-order valence-electron chi connectivity index (χ0n) is 4.93. The number of thiophene rings is 1. The van der Waals surface area contributed by atoms with Crippen LogP contribution in [0.5, 0.6) is 0 Å². The van der Waals surface area contributed by atoms with Crippen LogP contribution in [0.3, 0.4) is 0 Å². The van der Waals surface area contributed by atoms with E-state index in [1.807, 2.05) is 6.07 Å². The second-order valence-corrected chi connectivity index (χ2v) is 3.02. The molecule has 1 radical (unpaired) electrons. The Kier molecular flexibility index (Phi) is 3.46. The molecule has 2 heteroatoms. The minimum absolute atomic E-state index is 0. The Bertz CT molecular complexity index is 141. The van der Waals surface area contributed by atoms with Crippen LogP contribution in [0.1, 0.15) is 9.75 Å². The molecule has 0 atom stereocenters. The van der Waals surface area contributed by atoms with Gasteiger partial charge in [0.05, 0.1) is 0 Å². The summed E-state index contributed by atoms with van der Waals surface area (Å²) in [7, 11) is 0. The van der Waals surface area contributed by atoms with Crippen molar-refractivity contribution < 1.29 is 18.6 Å². The largest absolute Gasteiger partial charge is 0.267 e. The van der Waals surface area contributed by atoms with Crippen molar-refractivity contribution in [3.05, 3.63) is 21.9 Å². The molecule has 1 aromatic heterocycles. The summed E-state index contributed by atoms with van der Waals surface area (Å²) in [5.41, 5.74) is 0. The Morgan fingerprint density at radius 1 is 1.50 bits per heavy atom. The van der Waals surface area contributed by atoms with Gasteiger partial charge in [0.2, 0.25) is 0 Å². The fourth-order valence-electron chi connectivity index (χ4n) is 0.504.